The maximum absolute atomic E-state index is 12.5. The lowest BCUT2D eigenvalue weighted by atomic mass is 10.1. The Labute approximate surface area is 167 Å². The van der Waals surface area contributed by atoms with Crippen LogP contribution in [0, 0.1) is 0 Å². The smallest absolute Gasteiger partial charge is 0.343 e. The van der Waals surface area contributed by atoms with E-state index in [1.807, 2.05) is 19.1 Å². The van der Waals surface area contributed by atoms with Gasteiger partial charge < -0.3 is 16.0 Å². The van der Waals surface area contributed by atoms with Gasteiger partial charge in [0, 0.05) is 17.8 Å². The lowest BCUT2D eigenvalue weighted by Gasteiger charge is -2.12. The van der Waals surface area contributed by atoms with E-state index in [1.165, 1.54) is 0 Å². The van der Waals surface area contributed by atoms with Crippen molar-refractivity contribution in [2.45, 2.75) is 19.6 Å². The maximum Gasteiger partial charge on any atom is 0.416 e. The first-order chi connectivity index (χ1) is 12.8. The zero-order valence-corrected chi connectivity index (χ0v) is 15.9. The SMILES string of the molecule is CCNCc1ccccc1NC(=O)CNC(=O)c1ccc(C(F)(F)F)cc1.Cl. The minimum Gasteiger partial charge on any atom is -0.343 e. The van der Waals surface area contributed by atoms with Crippen molar-refractivity contribution < 1.29 is 22.8 Å². The summed E-state index contributed by atoms with van der Waals surface area (Å²) in [5.41, 5.74) is 0.742. The van der Waals surface area contributed by atoms with Gasteiger partial charge in [-0.3, -0.25) is 9.59 Å². The fourth-order valence-corrected chi connectivity index (χ4v) is 2.32. The van der Waals surface area contributed by atoms with Gasteiger partial charge in [-0.1, -0.05) is 25.1 Å². The molecule has 3 N–H and O–H groups in total. The van der Waals surface area contributed by atoms with Gasteiger partial charge in [0.15, 0.2) is 0 Å². The number of para-hydroxylation sites is 1. The van der Waals surface area contributed by atoms with E-state index in [0.29, 0.717) is 12.2 Å². The lowest BCUT2D eigenvalue weighted by molar-refractivity contribution is -0.137. The third-order valence-electron chi connectivity index (χ3n) is 3.74. The quantitative estimate of drug-likeness (QED) is 0.647. The standard InChI is InChI=1S/C19H20F3N3O2.ClH/c1-2-23-11-14-5-3-4-6-16(14)25-17(26)12-24-18(27)13-7-9-15(10-8-13)19(20,21)22;/h3-10,23H,2,11-12H2,1H3,(H,24,27)(H,25,26);1H. The van der Waals surface area contributed by atoms with Gasteiger partial charge in [0.2, 0.25) is 5.91 Å². The number of amides is 2. The summed E-state index contributed by atoms with van der Waals surface area (Å²) >= 11 is 0. The highest BCUT2D eigenvalue weighted by molar-refractivity contribution is 5.99. The molecular formula is C19H21ClF3N3O2. The van der Waals surface area contributed by atoms with Crippen LogP contribution in [0.15, 0.2) is 48.5 Å². The minimum atomic E-state index is -4.46. The molecule has 0 aromatic heterocycles. The predicted octanol–water partition coefficient (Wildman–Crippen LogP) is 3.61. The van der Waals surface area contributed by atoms with Crippen molar-refractivity contribution >= 4 is 29.9 Å². The molecule has 2 amide bonds. The van der Waals surface area contributed by atoms with Gasteiger partial charge >= 0.3 is 6.18 Å². The third-order valence-corrected chi connectivity index (χ3v) is 3.74. The van der Waals surface area contributed by atoms with Crippen LogP contribution < -0.4 is 16.0 Å². The van der Waals surface area contributed by atoms with Gasteiger partial charge in [0.1, 0.15) is 0 Å². The molecule has 0 aliphatic carbocycles. The Morgan fingerprint density at radius 1 is 1.00 bits per heavy atom. The second-order valence-corrected chi connectivity index (χ2v) is 5.74. The molecule has 0 atom stereocenters. The van der Waals surface area contributed by atoms with Crippen LogP contribution in [0.4, 0.5) is 18.9 Å². The van der Waals surface area contributed by atoms with E-state index in [-0.39, 0.29) is 24.5 Å². The number of alkyl halides is 3. The zero-order valence-electron chi connectivity index (χ0n) is 15.1. The highest BCUT2D eigenvalue weighted by Gasteiger charge is 2.30. The molecule has 0 unspecified atom stereocenters. The molecule has 0 saturated carbocycles. The molecule has 2 aromatic rings. The molecule has 0 saturated heterocycles. The molecule has 0 fully saturated rings. The zero-order chi connectivity index (χ0) is 19.9. The van der Waals surface area contributed by atoms with Crippen molar-refractivity contribution in [2.75, 3.05) is 18.4 Å². The molecule has 2 aromatic carbocycles. The van der Waals surface area contributed by atoms with E-state index < -0.39 is 23.6 Å². The van der Waals surface area contributed by atoms with Gasteiger partial charge in [0.05, 0.1) is 12.1 Å². The van der Waals surface area contributed by atoms with Crippen LogP contribution in [-0.2, 0) is 17.5 Å². The summed E-state index contributed by atoms with van der Waals surface area (Å²) in [4.78, 5) is 24.1. The van der Waals surface area contributed by atoms with Crippen molar-refractivity contribution in [3.05, 3.63) is 65.2 Å². The van der Waals surface area contributed by atoms with Gasteiger partial charge in [-0.2, -0.15) is 13.2 Å². The number of nitrogens with one attached hydrogen (secondary N) is 3. The van der Waals surface area contributed by atoms with Crippen LogP contribution >= 0.6 is 12.4 Å². The van der Waals surface area contributed by atoms with Crippen LogP contribution in [0.3, 0.4) is 0 Å². The molecule has 9 heteroatoms. The molecule has 5 nitrogen and oxygen atoms in total. The van der Waals surface area contributed by atoms with E-state index in [1.54, 1.807) is 12.1 Å². The first-order valence-electron chi connectivity index (χ1n) is 8.35. The van der Waals surface area contributed by atoms with Gasteiger partial charge in [-0.05, 0) is 42.4 Å². The number of benzene rings is 2. The summed E-state index contributed by atoms with van der Waals surface area (Å²) in [5.74, 6) is -1.06. The van der Waals surface area contributed by atoms with Crippen molar-refractivity contribution in [1.82, 2.24) is 10.6 Å². The molecule has 2 rings (SSSR count). The van der Waals surface area contributed by atoms with Crippen molar-refractivity contribution in [3.8, 4) is 0 Å². The molecule has 28 heavy (non-hydrogen) atoms. The molecule has 0 heterocycles. The first kappa shape index (κ1) is 23.5. The Morgan fingerprint density at radius 2 is 1.64 bits per heavy atom. The molecule has 0 spiro atoms. The summed E-state index contributed by atoms with van der Waals surface area (Å²) in [6, 6.07) is 11.1. The number of anilines is 1. The number of carbonyl (C=O) groups excluding carboxylic acids is 2. The number of rotatable bonds is 7. The Balaban J connectivity index is 0.00000392. The third kappa shape index (κ3) is 6.86. The second-order valence-electron chi connectivity index (χ2n) is 5.74. The molecule has 0 aliphatic rings. The van der Waals surface area contributed by atoms with Crippen LogP contribution in [0.2, 0.25) is 0 Å². The summed E-state index contributed by atoms with van der Waals surface area (Å²) < 4.78 is 37.6. The topological polar surface area (TPSA) is 70.2 Å². The van der Waals surface area contributed by atoms with Crippen LogP contribution in [0.25, 0.3) is 0 Å². The Morgan fingerprint density at radius 3 is 2.25 bits per heavy atom. The van der Waals surface area contributed by atoms with Gasteiger partial charge in [0.25, 0.3) is 5.91 Å². The lowest BCUT2D eigenvalue weighted by Crippen LogP contribution is -2.33. The Kier molecular flexibility index (Phi) is 8.94. The predicted molar refractivity (Wildman–Crippen MR) is 103 cm³/mol. The van der Waals surface area contributed by atoms with Crippen molar-refractivity contribution in [3.63, 3.8) is 0 Å². The van der Waals surface area contributed by atoms with Crippen molar-refractivity contribution in [1.29, 1.82) is 0 Å². The second kappa shape index (κ2) is 10.7. The van der Waals surface area contributed by atoms with E-state index in [9.17, 15) is 22.8 Å². The monoisotopic (exact) mass is 415 g/mol. The molecular weight excluding hydrogens is 395 g/mol. The molecule has 0 radical (unpaired) electrons. The minimum absolute atomic E-state index is 0. The summed E-state index contributed by atoms with van der Waals surface area (Å²) in [6.07, 6.45) is -4.46. The molecule has 152 valence electrons. The van der Waals surface area contributed by atoms with Crippen LogP contribution in [-0.4, -0.2) is 24.9 Å². The summed E-state index contributed by atoms with van der Waals surface area (Å²) in [5, 5.41) is 8.27. The molecule has 0 bridgehead atoms. The molecule has 0 aliphatic heterocycles. The highest BCUT2D eigenvalue weighted by Crippen LogP contribution is 2.29. The maximum atomic E-state index is 12.5. The summed E-state index contributed by atoms with van der Waals surface area (Å²) in [7, 11) is 0. The van der Waals surface area contributed by atoms with Crippen LogP contribution in [0.5, 0.6) is 0 Å². The number of carbonyl (C=O) groups is 2. The number of hydrogen-bond acceptors (Lipinski definition) is 3. The normalized spacial score (nSPS) is 10.7. The van der Waals surface area contributed by atoms with E-state index in [4.69, 9.17) is 0 Å². The average molecular weight is 416 g/mol. The fourth-order valence-electron chi connectivity index (χ4n) is 2.32. The number of hydrogen-bond donors (Lipinski definition) is 3. The van der Waals surface area contributed by atoms with Gasteiger partial charge in [-0.25, -0.2) is 0 Å². The largest absolute Gasteiger partial charge is 0.416 e. The Hall–Kier alpha value is -2.58. The van der Waals surface area contributed by atoms with E-state index in [0.717, 1.165) is 36.4 Å². The fraction of sp³-hybridized carbons (Fsp3) is 0.263. The van der Waals surface area contributed by atoms with E-state index >= 15 is 0 Å². The first-order valence-corrected chi connectivity index (χ1v) is 8.35. The Bertz CT molecular complexity index is 796. The number of halogens is 4. The van der Waals surface area contributed by atoms with Crippen molar-refractivity contribution in [2.24, 2.45) is 0 Å². The van der Waals surface area contributed by atoms with E-state index in [2.05, 4.69) is 16.0 Å². The highest BCUT2D eigenvalue weighted by atomic mass is 35.5. The average Bonchev–Trinajstić information content (AvgIpc) is 2.65. The van der Waals surface area contributed by atoms with Crippen LogP contribution in [0.1, 0.15) is 28.4 Å². The van der Waals surface area contributed by atoms with Gasteiger partial charge in [-0.15, -0.1) is 12.4 Å². The summed E-state index contributed by atoms with van der Waals surface area (Å²) in [6.45, 7) is 3.05.